The minimum atomic E-state index is -4.41. The van der Waals surface area contributed by atoms with Crippen LogP contribution in [0.5, 0.6) is 0 Å². The third kappa shape index (κ3) is 3.70. The average molecular weight is 401 g/mol. The van der Waals surface area contributed by atoms with E-state index >= 15 is 0 Å². The molecule has 4 nitrogen and oxygen atoms in total. The Bertz CT molecular complexity index is 1090. The first kappa shape index (κ1) is 19.0. The van der Waals surface area contributed by atoms with Gasteiger partial charge in [-0.25, -0.2) is 14.4 Å². The van der Waals surface area contributed by atoms with E-state index in [1.54, 1.807) is 0 Å². The Labute approximate surface area is 163 Å². The second-order valence-electron chi connectivity index (χ2n) is 6.76. The van der Waals surface area contributed by atoms with Gasteiger partial charge in [-0.05, 0) is 18.2 Å². The van der Waals surface area contributed by atoms with Gasteiger partial charge >= 0.3 is 6.18 Å². The number of likely N-dealkylation sites (tertiary alicyclic amines) is 1. The molecular formula is C21H15F4N3O. The summed E-state index contributed by atoms with van der Waals surface area (Å²) < 4.78 is 50.8. The summed E-state index contributed by atoms with van der Waals surface area (Å²) in [5, 5.41) is 0.726. The number of amides is 1. The average Bonchev–Trinajstić information content (AvgIpc) is 2.66. The first-order valence-corrected chi connectivity index (χ1v) is 8.87. The zero-order chi connectivity index (χ0) is 20.6. The standard InChI is InChI=1S/C21H15F4N3O/c22-10-9-18(29)28-11-14(12-28)20-26-17-4-2-1-3-16(17)19(27-20)13-5-7-15(8-6-13)21(23,24)25/h1-10,14H,11-12H2. The number of hydrogen-bond donors (Lipinski definition) is 0. The van der Waals surface area contributed by atoms with E-state index in [-0.39, 0.29) is 12.2 Å². The number of para-hydroxylation sites is 1. The third-order valence-electron chi connectivity index (χ3n) is 4.87. The number of nitrogens with zero attached hydrogens (tertiary/aromatic N) is 3. The van der Waals surface area contributed by atoms with Gasteiger partial charge in [0.15, 0.2) is 0 Å². The molecule has 1 saturated heterocycles. The van der Waals surface area contributed by atoms with E-state index in [1.807, 2.05) is 24.3 Å². The van der Waals surface area contributed by atoms with Gasteiger partial charge in [0, 0.05) is 30.1 Å². The number of halogens is 4. The Hall–Kier alpha value is -3.29. The highest BCUT2D eigenvalue weighted by molar-refractivity contribution is 5.92. The van der Waals surface area contributed by atoms with Crippen LogP contribution in [0.2, 0.25) is 0 Å². The van der Waals surface area contributed by atoms with Gasteiger partial charge in [0.1, 0.15) is 5.82 Å². The minimum absolute atomic E-state index is 0.121. The number of carbonyl (C=O) groups is 1. The predicted octanol–water partition coefficient (Wildman–Crippen LogP) is 4.72. The van der Waals surface area contributed by atoms with E-state index < -0.39 is 17.6 Å². The van der Waals surface area contributed by atoms with Gasteiger partial charge in [0.2, 0.25) is 5.91 Å². The van der Waals surface area contributed by atoms with Gasteiger partial charge in [0.25, 0.3) is 0 Å². The van der Waals surface area contributed by atoms with E-state index in [9.17, 15) is 22.4 Å². The van der Waals surface area contributed by atoms with E-state index in [0.717, 1.165) is 23.6 Å². The van der Waals surface area contributed by atoms with Crippen molar-refractivity contribution in [3.05, 3.63) is 72.3 Å². The molecule has 0 atom stereocenters. The van der Waals surface area contributed by atoms with Crippen LogP contribution in [0, 0.1) is 0 Å². The SMILES string of the molecule is O=C(C=CF)N1CC(c2nc(-c3ccc(C(F)(F)F)cc3)c3ccccc3n2)C1. The fourth-order valence-corrected chi connectivity index (χ4v) is 3.30. The lowest BCUT2D eigenvalue weighted by Gasteiger charge is -2.37. The van der Waals surface area contributed by atoms with Crippen molar-refractivity contribution in [1.82, 2.24) is 14.9 Å². The Morgan fingerprint density at radius 3 is 2.38 bits per heavy atom. The highest BCUT2D eigenvalue weighted by Crippen LogP contribution is 2.34. The first-order chi connectivity index (χ1) is 13.9. The number of benzene rings is 2. The van der Waals surface area contributed by atoms with Crippen LogP contribution in [-0.2, 0) is 11.0 Å². The van der Waals surface area contributed by atoms with Crippen molar-refractivity contribution in [2.24, 2.45) is 0 Å². The van der Waals surface area contributed by atoms with E-state index in [4.69, 9.17) is 0 Å². The predicted molar refractivity (Wildman–Crippen MR) is 99.5 cm³/mol. The van der Waals surface area contributed by atoms with Crippen molar-refractivity contribution in [1.29, 1.82) is 0 Å². The maximum atomic E-state index is 12.9. The second-order valence-corrected chi connectivity index (χ2v) is 6.76. The molecule has 0 unspecified atom stereocenters. The summed E-state index contributed by atoms with van der Waals surface area (Å²) in [6.07, 6.45) is -3.36. The lowest BCUT2D eigenvalue weighted by molar-refractivity contribution is -0.137. The van der Waals surface area contributed by atoms with Crippen molar-refractivity contribution in [3.63, 3.8) is 0 Å². The van der Waals surface area contributed by atoms with Gasteiger partial charge in [-0.3, -0.25) is 4.79 Å². The highest BCUT2D eigenvalue weighted by atomic mass is 19.4. The Balaban J connectivity index is 1.70. The quantitative estimate of drug-likeness (QED) is 0.471. The summed E-state index contributed by atoms with van der Waals surface area (Å²) in [4.78, 5) is 22.3. The molecule has 2 aromatic carbocycles. The molecule has 148 valence electrons. The summed E-state index contributed by atoms with van der Waals surface area (Å²) in [5.41, 5.74) is 1.02. The lowest BCUT2D eigenvalue weighted by atomic mass is 9.97. The van der Waals surface area contributed by atoms with Gasteiger partial charge in [-0.1, -0.05) is 30.3 Å². The van der Waals surface area contributed by atoms with Crippen LogP contribution in [0.1, 0.15) is 17.3 Å². The molecule has 29 heavy (non-hydrogen) atoms. The van der Waals surface area contributed by atoms with Crippen molar-refractivity contribution >= 4 is 16.8 Å². The number of rotatable bonds is 3. The molecule has 0 bridgehead atoms. The van der Waals surface area contributed by atoms with Crippen LogP contribution in [-0.4, -0.2) is 33.9 Å². The smallest absolute Gasteiger partial charge is 0.337 e. The van der Waals surface area contributed by atoms with Crippen LogP contribution >= 0.6 is 0 Å². The van der Waals surface area contributed by atoms with Crippen LogP contribution < -0.4 is 0 Å². The molecule has 8 heteroatoms. The van der Waals surface area contributed by atoms with Crippen LogP contribution in [0.3, 0.4) is 0 Å². The van der Waals surface area contributed by atoms with Crippen LogP contribution in [0.25, 0.3) is 22.2 Å². The minimum Gasteiger partial charge on any atom is -0.337 e. The van der Waals surface area contributed by atoms with Crippen molar-refractivity contribution in [2.75, 3.05) is 13.1 Å². The molecule has 1 aliphatic heterocycles. The Morgan fingerprint density at radius 2 is 1.72 bits per heavy atom. The number of hydrogen-bond acceptors (Lipinski definition) is 3. The van der Waals surface area contributed by atoms with E-state index in [0.29, 0.717) is 35.7 Å². The van der Waals surface area contributed by atoms with Gasteiger partial charge in [-0.15, -0.1) is 0 Å². The van der Waals surface area contributed by atoms with Crippen molar-refractivity contribution < 1.29 is 22.4 Å². The first-order valence-electron chi connectivity index (χ1n) is 8.87. The molecule has 0 N–H and O–H groups in total. The summed E-state index contributed by atoms with van der Waals surface area (Å²) in [6, 6.07) is 12.1. The molecule has 0 spiro atoms. The van der Waals surface area contributed by atoms with E-state index in [1.165, 1.54) is 17.0 Å². The monoisotopic (exact) mass is 401 g/mol. The number of carbonyl (C=O) groups excluding carboxylic acids is 1. The summed E-state index contributed by atoms with van der Waals surface area (Å²) >= 11 is 0. The number of aromatic nitrogens is 2. The molecule has 2 heterocycles. The molecule has 1 aliphatic rings. The van der Waals surface area contributed by atoms with Crippen LogP contribution in [0.15, 0.2) is 60.9 Å². The fraction of sp³-hybridized carbons (Fsp3) is 0.190. The molecular weight excluding hydrogens is 386 g/mol. The summed E-state index contributed by atoms with van der Waals surface area (Å²) in [5.74, 6) is -0.0378. The van der Waals surface area contributed by atoms with Gasteiger partial charge < -0.3 is 4.90 Å². The molecule has 0 aliphatic carbocycles. The topological polar surface area (TPSA) is 46.1 Å². The van der Waals surface area contributed by atoms with Crippen LogP contribution in [0.4, 0.5) is 17.6 Å². The molecule has 4 rings (SSSR count). The zero-order valence-electron chi connectivity index (χ0n) is 15.0. The maximum absolute atomic E-state index is 12.9. The molecule has 1 fully saturated rings. The Morgan fingerprint density at radius 1 is 1.03 bits per heavy atom. The Kier molecular flexibility index (Phi) is 4.77. The zero-order valence-corrected chi connectivity index (χ0v) is 15.0. The lowest BCUT2D eigenvalue weighted by Crippen LogP contribution is -2.48. The maximum Gasteiger partial charge on any atom is 0.416 e. The summed E-state index contributed by atoms with van der Waals surface area (Å²) in [6.45, 7) is 0.710. The largest absolute Gasteiger partial charge is 0.416 e. The molecule has 1 amide bonds. The fourth-order valence-electron chi connectivity index (χ4n) is 3.30. The molecule has 1 aromatic heterocycles. The number of alkyl halides is 3. The third-order valence-corrected chi connectivity index (χ3v) is 4.87. The van der Waals surface area contributed by atoms with Crippen molar-refractivity contribution in [2.45, 2.75) is 12.1 Å². The second kappa shape index (κ2) is 7.27. The molecule has 3 aromatic rings. The number of fused-ring (bicyclic) bond motifs is 1. The molecule has 0 saturated carbocycles. The summed E-state index contributed by atoms with van der Waals surface area (Å²) in [7, 11) is 0. The normalized spacial score (nSPS) is 15.1. The molecule has 0 radical (unpaired) electrons. The van der Waals surface area contributed by atoms with Crippen molar-refractivity contribution in [3.8, 4) is 11.3 Å². The van der Waals surface area contributed by atoms with E-state index in [2.05, 4.69) is 9.97 Å². The van der Waals surface area contributed by atoms with Gasteiger partial charge in [0.05, 0.1) is 29.0 Å². The van der Waals surface area contributed by atoms with Gasteiger partial charge in [-0.2, -0.15) is 13.2 Å². The highest BCUT2D eigenvalue weighted by Gasteiger charge is 2.33.